The number of nitrogens with one attached hydrogen (secondary N) is 1. The molecule has 1 heterocycles. The zero-order chi connectivity index (χ0) is 12.3. The lowest BCUT2D eigenvalue weighted by molar-refractivity contribution is 0.259. The Hall–Kier alpha value is -2.54. The normalized spacial score (nSPS) is 9.94. The highest BCUT2D eigenvalue weighted by atomic mass is 16.7. The van der Waals surface area contributed by atoms with Gasteiger partial charge in [-0.1, -0.05) is 12.1 Å². The van der Waals surface area contributed by atoms with Gasteiger partial charge in [0.25, 0.3) is 5.56 Å². The van der Waals surface area contributed by atoms with Gasteiger partial charge in [0.05, 0.1) is 5.69 Å². The molecule has 0 atom stereocenters. The van der Waals surface area contributed by atoms with Crippen molar-refractivity contribution in [3.63, 3.8) is 0 Å². The van der Waals surface area contributed by atoms with E-state index in [4.69, 9.17) is 16.4 Å². The molecule has 0 unspecified atom stereocenters. The van der Waals surface area contributed by atoms with Gasteiger partial charge in [-0.05, 0) is 12.1 Å². The van der Waals surface area contributed by atoms with Crippen LogP contribution in [0, 0.1) is 0 Å². The fourth-order valence-electron chi connectivity index (χ4n) is 1.23. The highest BCUT2D eigenvalue weighted by Gasteiger charge is 2.08. The largest absolute Gasteiger partial charge is 0.397 e. The van der Waals surface area contributed by atoms with Crippen LogP contribution in [0.15, 0.2) is 41.3 Å². The molecule has 0 fully saturated rings. The van der Waals surface area contributed by atoms with Crippen LogP contribution in [0.5, 0.6) is 6.01 Å². The summed E-state index contributed by atoms with van der Waals surface area (Å²) in [6, 6.07) is 8.15. The molecule has 17 heavy (non-hydrogen) atoms. The highest BCUT2D eigenvalue weighted by molar-refractivity contribution is 5.65. The molecular weight excluding hydrogens is 222 g/mol. The molecule has 0 saturated carbocycles. The predicted octanol–water partition coefficient (Wildman–Crippen LogP) is 0.0262. The average molecular weight is 233 g/mol. The molecule has 1 aromatic carbocycles. The summed E-state index contributed by atoms with van der Waals surface area (Å²) in [6.45, 7) is 0. The summed E-state index contributed by atoms with van der Waals surface area (Å²) >= 11 is 0. The summed E-state index contributed by atoms with van der Waals surface area (Å²) < 4.78 is 0. The molecule has 0 amide bonds. The van der Waals surface area contributed by atoms with E-state index in [1.54, 1.807) is 24.3 Å². The Morgan fingerprint density at radius 1 is 1.29 bits per heavy atom. The van der Waals surface area contributed by atoms with Crippen molar-refractivity contribution in [1.29, 1.82) is 0 Å². The number of nitrogen functional groups attached to an aromatic ring is 1. The Balaban J connectivity index is 2.20. The van der Waals surface area contributed by atoms with Crippen LogP contribution in [0.3, 0.4) is 0 Å². The van der Waals surface area contributed by atoms with Crippen molar-refractivity contribution in [2.24, 2.45) is 5.84 Å². The lowest BCUT2D eigenvalue weighted by Crippen LogP contribution is -2.36. The van der Waals surface area contributed by atoms with Crippen molar-refractivity contribution in [1.82, 2.24) is 9.97 Å². The molecule has 0 radical (unpaired) electrons. The number of hydrogen-bond acceptors (Lipinski definition) is 6. The summed E-state index contributed by atoms with van der Waals surface area (Å²) in [5.41, 5.74) is 6.31. The zero-order valence-electron chi connectivity index (χ0n) is 8.83. The highest BCUT2D eigenvalue weighted by Crippen LogP contribution is 2.20. The van der Waals surface area contributed by atoms with Gasteiger partial charge < -0.3 is 10.6 Å². The van der Waals surface area contributed by atoms with E-state index in [0.29, 0.717) is 11.4 Å². The SMILES string of the molecule is Nc1ccccc1N(N)Oc1nccc(=O)[nH]1. The Labute approximate surface area is 96.6 Å². The number of hydrogen-bond donors (Lipinski definition) is 3. The zero-order valence-corrected chi connectivity index (χ0v) is 8.83. The van der Waals surface area contributed by atoms with Gasteiger partial charge in [-0.15, -0.1) is 5.17 Å². The van der Waals surface area contributed by atoms with Crippen molar-refractivity contribution in [3.05, 3.63) is 46.9 Å². The molecule has 2 rings (SSSR count). The maximum Gasteiger partial charge on any atom is 0.325 e. The summed E-state index contributed by atoms with van der Waals surface area (Å²) in [7, 11) is 0. The average Bonchev–Trinajstić information content (AvgIpc) is 2.29. The van der Waals surface area contributed by atoms with Crippen LogP contribution in [0.25, 0.3) is 0 Å². The van der Waals surface area contributed by atoms with Crippen LogP contribution in [0.2, 0.25) is 0 Å². The maximum absolute atomic E-state index is 11.0. The molecule has 1 aromatic heterocycles. The monoisotopic (exact) mass is 233 g/mol. The van der Waals surface area contributed by atoms with Crippen LogP contribution in [0.4, 0.5) is 11.4 Å². The van der Waals surface area contributed by atoms with Gasteiger partial charge in [0.15, 0.2) is 0 Å². The number of anilines is 2. The van der Waals surface area contributed by atoms with Crippen molar-refractivity contribution in [3.8, 4) is 6.01 Å². The first-order valence-corrected chi connectivity index (χ1v) is 4.79. The Morgan fingerprint density at radius 2 is 2.06 bits per heavy atom. The van der Waals surface area contributed by atoms with Gasteiger partial charge in [0.1, 0.15) is 5.69 Å². The van der Waals surface area contributed by atoms with Crippen molar-refractivity contribution in [2.75, 3.05) is 10.9 Å². The van der Waals surface area contributed by atoms with E-state index in [-0.39, 0.29) is 11.6 Å². The van der Waals surface area contributed by atoms with Crippen molar-refractivity contribution in [2.45, 2.75) is 0 Å². The van der Waals surface area contributed by atoms with Gasteiger partial charge in [0, 0.05) is 12.3 Å². The molecule has 5 N–H and O–H groups in total. The maximum atomic E-state index is 11.0. The fourth-order valence-corrected chi connectivity index (χ4v) is 1.23. The molecular formula is C10H11N5O2. The van der Waals surface area contributed by atoms with E-state index in [2.05, 4.69) is 9.97 Å². The molecule has 0 aliphatic rings. The molecule has 0 spiro atoms. The van der Waals surface area contributed by atoms with Gasteiger partial charge in [-0.2, -0.15) is 0 Å². The number of H-pyrrole nitrogens is 1. The molecule has 7 nitrogen and oxygen atoms in total. The molecule has 2 aromatic rings. The first-order chi connectivity index (χ1) is 8.16. The molecule has 0 saturated heterocycles. The minimum atomic E-state index is -0.329. The van der Waals surface area contributed by atoms with Crippen LogP contribution in [-0.4, -0.2) is 9.97 Å². The Kier molecular flexibility index (Phi) is 2.93. The van der Waals surface area contributed by atoms with Crippen LogP contribution >= 0.6 is 0 Å². The lowest BCUT2D eigenvalue weighted by atomic mass is 10.3. The lowest BCUT2D eigenvalue weighted by Gasteiger charge is -2.18. The summed E-state index contributed by atoms with van der Waals surface area (Å²) in [5.74, 6) is 5.65. The standard InChI is InChI=1S/C10H11N5O2/c11-7-3-1-2-4-8(7)15(12)17-10-13-6-5-9(16)14-10/h1-6H,11-12H2,(H,13,14,16). The number of nitrogens with two attached hydrogens (primary N) is 2. The van der Waals surface area contributed by atoms with Crippen molar-refractivity contribution >= 4 is 11.4 Å². The van der Waals surface area contributed by atoms with E-state index in [0.717, 1.165) is 5.17 Å². The van der Waals surface area contributed by atoms with E-state index in [1.165, 1.54) is 12.3 Å². The number of rotatable bonds is 3. The fraction of sp³-hybridized carbons (Fsp3) is 0. The van der Waals surface area contributed by atoms with E-state index < -0.39 is 0 Å². The second kappa shape index (κ2) is 4.54. The first-order valence-electron chi connectivity index (χ1n) is 4.79. The van der Waals surface area contributed by atoms with E-state index in [1.807, 2.05) is 0 Å². The van der Waals surface area contributed by atoms with Crippen molar-refractivity contribution < 1.29 is 4.84 Å². The third-order valence-corrected chi connectivity index (χ3v) is 2.01. The number of nitrogens with zero attached hydrogens (tertiary/aromatic N) is 2. The molecule has 88 valence electrons. The minimum Gasteiger partial charge on any atom is -0.397 e. The van der Waals surface area contributed by atoms with Crippen LogP contribution < -0.4 is 27.1 Å². The van der Waals surface area contributed by atoms with Crippen LogP contribution in [0.1, 0.15) is 0 Å². The number of aromatic nitrogens is 2. The number of aromatic amines is 1. The van der Waals surface area contributed by atoms with Gasteiger partial charge in [0.2, 0.25) is 0 Å². The number of hydrazine groups is 1. The number of benzene rings is 1. The smallest absolute Gasteiger partial charge is 0.325 e. The second-order valence-corrected chi connectivity index (χ2v) is 3.22. The Bertz CT molecular complexity index is 568. The molecule has 0 aliphatic carbocycles. The quantitative estimate of drug-likeness (QED) is 0.392. The molecule has 7 heteroatoms. The van der Waals surface area contributed by atoms with Gasteiger partial charge >= 0.3 is 6.01 Å². The first kappa shape index (κ1) is 11.0. The second-order valence-electron chi connectivity index (χ2n) is 3.22. The Morgan fingerprint density at radius 3 is 2.76 bits per heavy atom. The topological polar surface area (TPSA) is 110 Å². The minimum absolute atomic E-state index is 0.0109. The van der Waals surface area contributed by atoms with Gasteiger partial charge in [-0.3, -0.25) is 9.78 Å². The molecule has 0 aliphatic heterocycles. The van der Waals surface area contributed by atoms with E-state index >= 15 is 0 Å². The summed E-state index contributed by atoms with van der Waals surface area (Å²) in [6.07, 6.45) is 1.32. The number of para-hydroxylation sites is 2. The summed E-state index contributed by atoms with van der Waals surface area (Å²) in [5, 5.41) is 0.938. The molecule has 0 bridgehead atoms. The predicted molar refractivity (Wildman–Crippen MR) is 63.0 cm³/mol. The third kappa shape index (κ3) is 2.52. The van der Waals surface area contributed by atoms with Crippen LogP contribution in [-0.2, 0) is 0 Å². The van der Waals surface area contributed by atoms with Gasteiger partial charge in [-0.25, -0.2) is 10.8 Å². The third-order valence-electron chi connectivity index (χ3n) is 2.01. The summed E-state index contributed by atoms with van der Waals surface area (Å²) in [4.78, 5) is 22.3. The van der Waals surface area contributed by atoms with E-state index in [9.17, 15) is 4.79 Å².